The first kappa shape index (κ1) is 11.1. The van der Waals surface area contributed by atoms with E-state index in [-0.39, 0.29) is 12.0 Å². The van der Waals surface area contributed by atoms with Crippen molar-refractivity contribution in [1.29, 1.82) is 0 Å². The quantitative estimate of drug-likeness (QED) is 0.742. The van der Waals surface area contributed by atoms with Gasteiger partial charge in [-0.3, -0.25) is 9.48 Å². The minimum atomic E-state index is -0.0401. The number of rotatable bonds is 3. The van der Waals surface area contributed by atoms with E-state index in [1.54, 1.807) is 17.1 Å². The number of anilines is 1. The molecule has 1 unspecified atom stereocenters. The van der Waals surface area contributed by atoms with Crippen LogP contribution in [0.2, 0.25) is 0 Å². The second kappa shape index (κ2) is 5.09. The lowest BCUT2D eigenvalue weighted by atomic mass is 10.2. The summed E-state index contributed by atoms with van der Waals surface area (Å²) < 4.78 is 7.09. The molecule has 6 heteroatoms. The maximum Gasteiger partial charge on any atom is 0.227 e. The van der Waals surface area contributed by atoms with Crippen LogP contribution < -0.4 is 10.6 Å². The number of aryl methyl sites for hydroxylation is 1. The molecule has 2 N–H and O–H groups in total. The molecular formula is C10H16N4O2. The molecule has 0 spiro atoms. The first-order chi connectivity index (χ1) is 7.74. The number of hydrogen-bond acceptors (Lipinski definition) is 4. The van der Waals surface area contributed by atoms with Gasteiger partial charge in [0.25, 0.3) is 0 Å². The molecule has 1 saturated heterocycles. The molecule has 1 atom stereocenters. The van der Waals surface area contributed by atoms with Crippen LogP contribution in [0.4, 0.5) is 5.69 Å². The highest BCUT2D eigenvalue weighted by Crippen LogP contribution is 2.07. The summed E-state index contributed by atoms with van der Waals surface area (Å²) in [5.41, 5.74) is 0.719. The third kappa shape index (κ3) is 3.04. The first-order valence-electron chi connectivity index (χ1n) is 5.35. The van der Waals surface area contributed by atoms with Crippen molar-refractivity contribution < 1.29 is 9.53 Å². The molecule has 1 aromatic rings. The number of amides is 1. The number of morpholine rings is 1. The van der Waals surface area contributed by atoms with Crippen LogP contribution in [0.15, 0.2) is 12.4 Å². The number of carbonyl (C=O) groups excluding carboxylic acids is 1. The van der Waals surface area contributed by atoms with Crippen LogP contribution in [0.1, 0.15) is 6.42 Å². The zero-order valence-corrected chi connectivity index (χ0v) is 9.27. The molecule has 1 fully saturated rings. The highest BCUT2D eigenvalue weighted by Gasteiger charge is 2.17. The summed E-state index contributed by atoms with van der Waals surface area (Å²) in [6.45, 7) is 2.27. The molecule has 1 aromatic heterocycles. The molecule has 2 heterocycles. The molecule has 0 aliphatic carbocycles. The summed E-state index contributed by atoms with van der Waals surface area (Å²) in [6.07, 6.45) is 3.74. The maximum absolute atomic E-state index is 11.6. The Morgan fingerprint density at radius 3 is 3.31 bits per heavy atom. The molecule has 1 amide bonds. The Balaban J connectivity index is 1.79. The largest absolute Gasteiger partial charge is 0.375 e. The van der Waals surface area contributed by atoms with Gasteiger partial charge in [-0.1, -0.05) is 0 Å². The second-order valence-corrected chi connectivity index (χ2v) is 3.85. The fourth-order valence-electron chi connectivity index (χ4n) is 1.66. The number of hydrogen-bond donors (Lipinski definition) is 2. The normalized spacial score (nSPS) is 20.7. The number of nitrogens with zero attached hydrogens (tertiary/aromatic N) is 2. The zero-order valence-electron chi connectivity index (χ0n) is 9.27. The maximum atomic E-state index is 11.6. The van der Waals surface area contributed by atoms with Crippen molar-refractivity contribution in [2.24, 2.45) is 7.05 Å². The molecule has 16 heavy (non-hydrogen) atoms. The van der Waals surface area contributed by atoms with Crippen LogP contribution >= 0.6 is 0 Å². The van der Waals surface area contributed by atoms with Crippen LogP contribution in [0.5, 0.6) is 0 Å². The molecule has 6 nitrogen and oxygen atoms in total. The molecule has 0 aromatic carbocycles. The zero-order chi connectivity index (χ0) is 11.4. The molecule has 88 valence electrons. The summed E-state index contributed by atoms with van der Waals surface area (Å²) in [4.78, 5) is 11.6. The Hall–Kier alpha value is -1.40. The number of ether oxygens (including phenoxy) is 1. The van der Waals surface area contributed by atoms with Crippen LogP contribution in [0.3, 0.4) is 0 Å². The minimum Gasteiger partial charge on any atom is -0.375 e. The van der Waals surface area contributed by atoms with Crippen molar-refractivity contribution in [2.45, 2.75) is 12.5 Å². The highest BCUT2D eigenvalue weighted by molar-refractivity contribution is 5.90. The van der Waals surface area contributed by atoms with Gasteiger partial charge >= 0.3 is 0 Å². The topological polar surface area (TPSA) is 68.2 Å². The van der Waals surface area contributed by atoms with E-state index in [4.69, 9.17) is 4.74 Å². The van der Waals surface area contributed by atoms with Crippen molar-refractivity contribution in [3.63, 3.8) is 0 Å². The van der Waals surface area contributed by atoms with Gasteiger partial charge in [0.2, 0.25) is 5.91 Å². The van der Waals surface area contributed by atoms with E-state index in [9.17, 15) is 4.79 Å². The molecule has 0 saturated carbocycles. The smallest absolute Gasteiger partial charge is 0.227 e. The van der Waals surface area contributed by atoms with Gasteiger partial charge in [0.15, 0.2) is 0 Å². The van der Waals surface area contributed by atoms with Gasteiger partial charge < -0.3 is 15.4 Å². The van der Waals surface area contributed by atoms with E-state index in [0.29, 0.717) is 13.0 Å². The van der Waals surface area contributed by atoms with Crippen LogP contribution in [-0.4, -0.2) is 41.5 Å². The van der Waals surface area contributed by atoms with E-state index < -0.39 is 0 Å². The van der Waals surface area contributed by atoms with E-state index >= 15 is 0 Å². The summed E-state index contributed by atoms with van der Waals surface area (Å²) in [5, 5.41) is 9.94. The van der Waals surface area contributed by atoms with Crippen LogP contribution in [-0.2, 0) is 16.6 Å². The summed E-state index contributed by atoms with van der Waals surface area (Å²) >= 11 is 0. The molecule has 0 bridgehead atoms. The Labute approximate surface area is 94.0 Å². The summed E-state index contributed by atoms with van der Waals surface area (Å²) in [7, 11) is 1.81. The van der Waals surface area contributed by atoms with E-state index in [2.05, 4.69) is 15.7 Å². The van der Waals surface area contributed by atoms with E-state index in [0.717, 1.165) is 18.8 Å². The lowest BCUT2D eigenvalue weighted by Gasteiger charge is -2.22. The van der Waals surface area contributed by atoms with E-state index in [1.165, 1.54) is 0 Å². The predicted octanol–water partition coefficient (Wildman–Crippen LogP) is -0.263. The Morgan fingerprint density at radius 1 is 1.81 bits per heavy atom. The standard InChI is InChI=1S/C10H16N4O2/c1-14-7-8(5-12-14)13-10(15)4-9-6-11-2-3-16-9/h5,7,9,11H,2-4,6H2,1H3,(H,13,15). The minimum absolute atomic E-state index is 0.0228. The van der Waals surface area contributed by atoms with Gasteiger partial charge in [-0.15, -0.1) is 0 Å². The highest BCUT2D eigenvalue weighted by atomic mass is 16.5. The van der Waals surface area contributed by atoms with Crippen LogP contribution in [0.25, 0.3) is 0 Å². The molecular weight excluding hydrogens is 208 g/mol. The number of nitrogens with one attached hydrogen (secondary N) is 2. The summed E-state index contributed by atoms with van der Waals surface area (Å²) in [6, 6.07) is 0. The van der Waals surface area contributed by atoms with Crippen molar-refractivity contribution in [3.05, 3.63) is 12.4 Å². The first-order valence-corrected chi connectivity index (χ1v) is 5.35. The third-order valence-electron chi connectivity index (χ3n) is 2.41. The van der Waals surface area contributed by atoms with Gasteiger partial charge in [-0.25, -0.2) is 0 Å². The Kier molecular flexibility index (Phi) is 3.53. The summed E-state index contributed by atoms with van der Waals surface area (Å²) in [5.74, 6) is -0.0401. The van der Waals surface area contributed by atoms with Gasteiger partial charge in [0.1, 0.15) is 0 Å². The predicted molar refractivity (Wildman–Crippen MR) is 59.1 cm³/mol. The van der Waals surface area contributed by atoms with Gasteiger partial charge in [0, 0.05) is 26.3 Å². The Bertz CT molecular complexity index is 357. The average molecular weight is 224 g/mol. The van der Waals surface area contributed by atoms with Crippen molar-refractivity contribution in [3.8, 4) is 0 Å². The fraction of sp³-hybridized carbons (Fsp3) is 0.600. The number of carbonyl (C=O) groups is 1. The van der Waals surface area contributed by atoms with E-state index in [1.807, 2.05) is 7.05 Å². The lowest BCUT2D eigenvalue weighted by Crippen LogP contribution is -2.40. The molecule has 1 aliphatic rings. The second-order valence-electron chi connectivity index (χ2n) is 3.85. The van der Waals surface area contributed by atoms with Gasteiger partial charge in [0.05, 0.1) is 31.0 Å². The number of aromatic nitrogens is 2. The van der Waals surface area contributed by atoms with Crippen molar-refractivity contribution in [1.82, 2.24) is 15.1 Å². The van der Waals surface area contributed by atoms with Crippen LogP contribution in [0, 0.1) is 0 Å². The lowest BCUT2D eigenvalue weighted by molar-refractivity contribution is -0.119. The molecule has 2 rings (SSSR count). The third-order valence-corrected chi connectivity index (χ3v) is 2.41. The SMILES string of the molecule is Cn1cc(NC(=O)CC2CNCCO2)cn1. The van der Waals surface area contributed by atoms with Gasteiger partial charge in [-0.05, 0) is 0 Å². The van der Waals surface area contributed by atoms with Gasteiger partial charge in [-0.2, -0.15) is 5.10 Å². The monoisotopic (exact) mass is 224 g/mol. The Morgan fingerprint density at radius 2 is 2.69 bits per heavy atom. The average Bonchev–Trinajstić information content (AvgIpc) is 2.65. The molecule has 0 radical (unpaired) electrons. The fourth-order valence-corrected chi connectivity index (χ4v) is 1.66. The van der Waals surface area contributed by atoms with Crippen molar-refractivity contribution in [2.75, 3.05) is 25.0 Å². The molecule has 1 aliphatic heterocycles. The van der Waals surface area contributed by atoms with Crippen molar-refractivity contribution >= 4 is 11.6 Å².